The molecule has 0 saturated carbocycles. The van der Waals surface area contributed by atoms with E-state index in [9.17, 15) is 13.2 Å². The van der Waals surface area contributed by atoms with Crippen molar-refractivity contribution in [3.8, 4) is 5.69 Å². The van der Waals surface area contributed by atoms with Gasteiger partial charge in [-0.05, 0) is 46.3 Å². The number of anilines is 1. The topological polar surface area (TPSA) is 43.8 Å². The normalized spacial score (nSPS) is 11.2. The summed E-state index contributed by atoms with van der Waals surface area (Å²) < 4.78 is 42.3. The number of hydrogen-bond donors (Lipinski definition) is 1. The molecule has 0 aliphatic carbocycles. The molecule has 2 N–H and O–H groups in total. The SMILES string of the molecule is Nc1nc2ccc(F)c(F)c2n1-c1ccc(Br)c(F)c1. The van der Waals surface area contributed by atoms with Crippen molar-refractivity contribution in [1.29, 1.82) is 0 Å². The van der Waals surface area contributed by atoms with Crippen molar-refractivity contribution in [2.45, 2.75) is 0 Å². The van der Waals surface area contributed by atoms with E-state index in [0.717, 1.165) is 12.1 Å². The lowest BCUT2D eigenvalue weighted by Gasteiger charge is -2.08. The molecule has 3 nitrogen and oxygen atoms in total. The Balaban J connectivity index is 2.38. The van der Waals surface area contributed by atoms with Gasteiger partial charge in [-0.2, -0.15) is 0 Å². The summed E-state index contributed by atoms with van der Waals surface area (Å²) in [5, 5.41) is 0. The first-order valence-corrected chi connectivity index (χ1v) is 6.35. The van der Waals surface area contributed by atoms with Gasteiger partial charge in [0.05, 0.1) is 15.7 Å². The van der Waals surface area contributed by atoms with E-state index < -0.39 is 17.5 Å². The van der Waals surface area contributed by atoms with Crippen LogP contribution in [0.3, 0.4) is 0 Å². The van der Waals surface area contributed by atoms with Gasteiger partial charge in [0.15, 0.2) is 11.6 Å². The van der Waals surface area contributed by atoms with Crippen LogP contribution in [0.25, 0.3) is 16.7 Å². The highest BCUT2D eigenvalue weighted by Crippen LogP contribution is 2.28. The van der Waals surface area contributed by atoms with E-state index in [2.05, 4.69) is 20.9 Å². The Kier molecular flexibility index (Phi) is 2.93. The third-order valence-corrected chi connectivity index (χ3v) is 3.54. The standard InChI is InChI=1S/C13H7BrF3N3/c14-7-2-1-6(5-9(7)16)20-12-10(19-13(20)18)4-3-8(15)11(12)17/h1-5H,(H2,18,19). The van der Waals surface area contributed by atoms with E-state index in [1.54, 1.807) is 0 Å². The first kappa shape index (κ1) is 13.0. The largest absolute Gasteiger partial charge is 0.369 e. The maximum atomic E-state index is 13.9. The third kappa shape index (κ3) is 1.85. The van der Waals surface area contributed by atoms with Crippen LogP contribution < -0.4 is 5.73 Å². The highest BCUT2D eigenvalue weighted by molar-refractivity contribution is 9.10. The maximum absolute atomic E-state index is 13.9. The first-order valence-electron chi connectivity index (χ1n) is 5.56. The van der Waals surface area contributed by atoms with Gasteiger partial charge in [-0.1, -0.05) is 0 Å². The lowest BCUT2D eigenvalue weighted by molar-refractivity contribution is 0.514. The fourth-order valence-electron chi connectivity index (χ4n) is 2.01. The molecule has 0 aliphatic heterocycles. The number of nitrogens with two attached hydrogens (primary N) is 1. The van der Waals surface area contributed by atoms with Gasteiger partial charge < -0.3 is 5.73 Å². The van der Waals surface area contributed by atoms with Crippen molar-refractivity contribution < 1.29 is 13.2 Å². The number of benzene rings is 2. The van der Waals surface area contributed by atoms with E-state index >= 15 is 0 Å². The van der Waals surface area contributed by atoms with Gasteiger partial charge in [0.25, 0.3) is 0 Å². The molecule has 0 fully saturated rings. The fraction of sp³-hybridized carbons (Fsp3) is 0. The van der Waals surface area contributed by atoms with E-state index in [1.165, 1.54) is 22.8 Å². The molecule has 0 spiro atoms. The minimum Gasteiger partial charge on any atom is -0.369 e. The minimum atomic E-state index is -1.07. The average Bonchev–Trinajstić information content (AvgIpc) is 2.74. The first-order chi connectivity index (χ1) is 9.49. The second-order valence-electron chi connectivity index (χ2n) is 4.13. The predicted molar refractivity (Wildman–Crippen MR) is 73.1 cm³/mol. The molecule has 0 saturated heterocycles. The Bertz CT molecular complexity index is 829. The highest BCUT2D eigenvalue weighted by atomic mass is 79.9. The summed E-state index contributed by atoms with van der Waals surface area (Å²) in [5.74, 6) is -2.68. The van der Waals surface area contributed by atoms with Crippen LogP contribution in [-0.4, -0.2) is 9.55 Å². The molecule has 0 atom stereocenters. The van der Waals surface area contributed by atoms with Crippen LogP contribution in [0.15, 0.2) is 34.8 Å². The van der Waals surface area contributed by atoms with Gasteiger partial charge in [0.2, 0.25) is 5.95 Å². The average molecular weight is 342 g/mol. The van der Waals surface area contributed by atoms with Crippen molar-refractivity contribution in [2.24, 2.45) is 0 Å². The number of halogens is 4. The lowest BCUT2D eigenvalue weighted by atomic mass is 10.2. The number of imidazole rings is 1. The molecule has 7 heteroatoms. The zero-order valence-electron chi connectivity index (χ0n) is 9.87. The predicted octanol–water partition coefficient (Wildman–Crippen LogP) is 3.79. The summed E-state index contributed by atoms with van der Waals surface area (Å²) in [6.07, 6.45) is 0. The van der Waals surface area contributed by atoms with Gasteiger partial charge in [-0.25, -0.2) is 18.2 Å². The molecular formula is C13H7BrF3N3. The summed E-state index contributed by atoms with van der Waals surface area (Å²) in [7, 11) is 0. The number of hydrogen-bond acceptors (Lipinski definition) is 2. The smallest absolute Gasteiger partial charge is 0.206 e. The van der Waals surface area contributed by atoms with E-state index in [0.29, 0.717) is 0 Å². The third-order valence-electron chi connectivity index (χ3n) is 2.90. The van der Waals surface area contributed by atoms with Crippen LogP contribution in [0.1, 0.15) is 0 Å². The zero-order chi connectivity index (χ0) is 14.4. The van der Waals surface area contributed by atoms with Crippen LogP contribution >= 0.6 is 15.9 Å². The number of nitrogen functional groups attached to an aromatic ring is 1. The van der Waals surface area contributed by atoms with Crippen molar-refractivity contribution in [1.82, 2.24) is 9.55 Å². The Hall–Kier alpha value is -2.02. The Morgan fingerprint density at radius 1 is 1.05 bits per heavy atom. The van der Waals surface area contributed by atoms with Crippen molar-refractivity contribution in [3.05, 3.63) is 52.3 Å². The number of fused-ring (bicyclic) bond motifs is 1. The van der Waals surface area contributed by atoms with E-state index in [1.807, 2.05) is 0 Å². The molecule has 20 heavy (non-hydrogen) atoms. The van der Waals surface area contributed by atoms with Crippen LogP contribution in [0.2, 0.25) is 0 Å². The summed E-state index contributed by atoms with van der Waals surface area (Å²) in [6, 6.07) is 6.42. The second-order valence-corrected chi connectivity index (χ2v) is 4.99. The molecule has 0 radical (unpaired) electrons. The Labute approximate surface area is 120 Å². The molecule has 3 aromatic rings. The monoisotopic (exact) mass is 341 g/mol. The second kappa shape index (κ2) is 4.52. The van der Waals surface area contributed by atoms with Gasteiger partial charge in [-0.3, -0.25) is 4.57 Å². The quantitative estimate of drug-likeness (QED) is 0.731. The number of nitrogens with zero attached hydrogens (tertiary/aromatic N) is 2. The zero-order valence-corrected chi connectivity index (χ0v) is 11.5. The van der Waals surface area contributed by atoms with Crippen LogP contribution in [-0.2, 0) is 0 Å². The number of rotatable bonds is 1. The Morgan fingerprint density at radius 2 is 1.80 bits per heavy atom. The molecule has 2 aromatic carbocycles. The molecule has 0 amide bonds. The fourth-order valence-corrected chi connectivity index (χ4v) is 2.25. The molecule has 0 aliphatic rings. The van der Waals surface area contributed by atoms with Gasteiger partial charge in [0.1, 0.15) is 11.3 Å². The van der Waals surface area contributed by atoms with E-state index in [4.69, 9.17) is 5.73 Å². The van der Waals surface area contributed by atoms with Gasteiger partial charge in [-0.15, -0.1) is 0 Å². The van der Waals surface area contributed by atoms with Crippen molar-refractivity contribution in [2.75, 3.05) is 5.73 Å². The van der Waals surface area contributed by atoms with Crippen LogP contribution in [0.4, 0.5) is 19.1 Å². The minimum absolute atomic E-state index is 0.0498. The summed E-state index contributed by atoms with van der Waals surface area (Å²) >= 11 is 3.02. The molecule has 3 rings (SSSR count). The van der Waals surface area contributed by atoms with E-state index in [-0.39, 0.29) is 27.1 Å². The van der Waals surface area contributed by atoms with Gasteiger partial charge >= 0.3 is 0 Å². The van der Waals surface area contributed by atoms with Crippen LogP contribution in [0.5, 0.6) is 0 Å². The lowest BCUT2D eigenvalue weighted by Crippen LogP contribution is -2.02. The molecule has 0 bridgehead atoms. The molecule has 102 valence electrons. The highest BCUT2D eigenvalue weighted by Gasteiger charge is 2.17. The number of aromatic nitrogens is 2. The summed E-state index contributed by atoms with van der Waals surface area (Å²) in [4.78, 5) is 3.94. The van der Waals surface area contributed by atoms with Gasteiger partial charge in [0, 0.05) is 0 Å². The van der Waals surface area contributed by atoms with Crippen molar-refractivity contribution >= 4 is 32.9 Å². The summed E-state index contributed by atoms with van der Waals surface area (Å²) in [5.41, 5.74) is 6.06. The maximum Gasteiger partial charge on any atom is 0.206 e. The molecular weight excluding hydrogens is 335 g/mol. The molecule has 1 aromatic heterocycles. The Morgan fingerprint density at radius 3 is 2.50 bits per heavy atom. The van der Waals surface area contributed by atoms with Crippen molar-refractivity contribution in [3.63, 3.8) is 0 Å². The van der Waals surface area contributed by atoms with Crippen LogP contribution in [0, 0.1) is 17.5 Å². The molecule has 1 heterocycles. The summed E-state index contributed by atoms with van der Waals surface area (Å²) in [6.45, 7) is 0. The molecule has 0 unspecified atom stereocenters.